The van der Waals surface area contributed by atoms with Crippen molar-refractivity contribution in [3.63, 3.8) is 0 Å². The second kappa shape index (κ2) is 3.10. The van der Waals surface area contributed by atoms with Gasteiger partial charge in [-0.1, -0.05) is 0 Å². The van der Waals surface area contributed by atoms with Gasteiger partial charge in [0.15, 0.2) is 11.6 Å². The summed E-state index contributed by atoms with van der Waals surface area (Å²) in [7, 11) is 0. The lowest BCUT2D eigenvalue weighted by molar-refractivity contribution is 0.507. The summed E-state index contributed by atoms with van der Waals surface area (Å²) < 4.78 is 26.8. The first-order valence-corrected chi connectivity index (χ1v) is 3.92. The SMILES string of the molecule is Nc1cnn(-c2ccc(F)c(F)c2)c1. The molecule has 1 aromatic heterocycles. The Kier molecular flexibility index (Phi) is 1.92. The number of anilines is 1. The van der Waals surface area contributed by atoms with Crippen LogP contribution >= 0.6 is 0 Å². The maximum Gasteiger partial charge on any atom is 0.160 e. The van der Waals surface area contributed by atoms with E-state index in [4.69, 9.17) is 5.73 Å². The molecule has 0 atom stereocenters. The van der Waals surface area contributed by atoms with Gasteiger partial charge in [0.2, 0.25) is 0 Å². The average molecular weight is 195 g/mol. The minimum atomic E-state index is -0.906. The first-order valence-electron chi connectivity index (χ1n) is 3.92. The second-order valence-electron chi connectivity index (χ2n) is 2.82. The number of benzene rings is 1. The molecule has 3 nitrogen and oxygen atoms in total. The fourth-order valence-corrected chi connectivity index (χ4v) is 1.11. The molecule has 0 aliphatic carbocycles. The zero-order chi connectivity index (χ0) is 10.1. The predicted molar refractivity (Wildman–Crippen MR) is 47.9 cm³/mol. The van der Waals surface area contributed by atoms with Crippen LogP contribution in [0.4, 0.5) is 14.5 Å². The molecule has 0 radical (unpaired) electrons. The number of nitrogen functional groups attached to an aromatic ring is 1. The Morgan fingerprint density at radius 1 is 1.21 bits per heavy atom. The highest BCUT2D eigenvalue weighted by atomic mass is 19.2. The second-order valence-corrected chi connectivity index (χ2v) is 2.82. The van der Waals surface area contributed by atoms with Crippen LogP contribution in [0.5, 0.6) is 0 Å². The minimum absolute atomic E-state index is 0.431. The van der Waals surface area contributed by atoms with E-state index in [2.05, 4.69) is 5.10 Å². The molecule has 1 heterocycles. The molecule has 0 amide bonds. The molecular weight excluding hydrogens is 188 g/mol. The lowest BCUT2D eigenvalue weighted by Crippen LogP contribution is -1.96. The summed E-state index contributed by atoms with van der Waals surface area (Å²) in [6, 6.07) is 3.52. The highest BCUT2D eigenvalue weighted by Gasteiger charge is 2.04. The van der Waals surface area contributed by atoms with Gasteiger partial charge in [0.05, 0.1) is 23.8 Å². The van der Waals surface area contributed by atoms with E-state index in [1.54, 1.807) is 0 Å². The fraction of sp³-hybridized carbons (Fsp3) is 0. The molecule has 0 spiro atoms. The van der Waals surface area contributed by atoms with Crippen LogP contribution in [-0.2, 0) is 0 Å². The van der Waals surface area contributed by atoms with Gasteiger partial charge in [-0.3, -0.25) is 0 Å². The quantitative estimate of drug-likeness (QED) is 0.753. The van der Waals surface area contributed by atoms with Crippen molar-refractivity contribution < 1.29 is 8.78 Å². The summed E-state index contributed by atoms with van der Waals surface area (Å²) in [5, 5.41) is 3.86. The van der Waals surface area contributed by atoms with Crippen LogP contribution < -0.4 is 5.73 Å². The van der Waals surface area contributed by atoms with Gasteiger partial charge >= 0.3 is 0 Å². The van der Waals surface area contributed by atoms with E-state index >= 15 is 0 Å². The van der Waals surface area contributed by atoms with E-state index in [-0.39, 0.29) is 0 Å². The molecule has 5 heteroatoms. The van der Waals surface area contributed by atoms with Gasteiger partial charge in [0, 0.05) is 6.07 Å². The highest BCUT2D eigenvalue weighted by Crippen LogP contribution is 2.13. The van der Waals surface area contributed by atoms with Gasteiger partial charge in [-0.2, -0.15) is 5.10 Å². The number of nitrogens with two attached hydrogens (primary N) is 1. The van der Waals surface area contributed by atoms with Crippen LogP contribution in [0.3, 0.4) is 0 Å². The van der Waals surface area contributed by atoms with Gasteiger partial charge in [0.25, 0.3) is 0 Å². The minimum Gasteiger partial charge on any atom is -0.396 e. The summed E-state index contributed by atoms with van der Waals surface area (Å²) in [5.41, 5.74) is 6.33. The summed E-state index contributed by atoms with van der Waals surface area (Å²) in [6.45, 7) is 0. The van der Waals surface area contributed by atoms with E-state index in [9.17, 15) is 8.78 Å². The molecule has 0 aliphatic rings. The van der Waals surface area contributed by atoms with E-state index in [1.807, 2.05) is 0 Å². The van der Waals surface area contributed by atoms with Crippen molar-refractivity contribution in [1.82, 2.24) is 9.78 Å². The topological polar surface area (TPSA) is 43.8 Å². The maximum absolute atomic E-state index is 12.8. The molecular formula is C9H7F2N3. The van der Waals surface area contributed by atoms with E-state index in [0.29, 0.717) is 11.4 Å². The van der Waals surface area contributed by atoms with Crippen LogP contribution in [0, 0.1) is 11.6 Å². The Morgan fingerprint density at radius 2 is 2.00 bits per heavy atom. The Labute approximate surface area is 78.8 Å². The Hall–Kier alpha value is -1.91. The van der Waals surface area contributed by atoms with Crippen molar-refractivity contribution in [2.45, 2.75) is 0 Å². The van der Waals surface area contributed by atoms with Crippen molar-refractivity contribution in [2.24, 2.45) is 0 Å². The van der Waals surface area contributed by atoms with E-state index in [1.165, 1.54) is 23.1 Å². The normalized spacial score (nSPS) is 10.4. The van der Waals surface area contributed by atoms with Crippen LogP contribution in [0.2, 0.25) is 0 Å². The monoisotopic (exact) mass is 195 g/mol. The zero-order valence-corrected chi connectivity index (χ0v) is 7.11. The number of hydrogen-bond acceptors (Lipinski definition) is 2. The van der Waals surface area contributed by atoms with Gasteiger partial charge in [-0.05, 0) is 12.1 Å². The van der Waals surface area contributed by atoms with Crippen LogP contribution in [0.1, 0.15) is 0 Å². The van der Waals surface area contributed by atoms with Gasteiger partial charge in [0.1, 0.15) is 0 Å². The van der Waals surface area contributed by atoms with Crippen LogP contribution in [0.15, 0.2) is 30.6 Å². The summed E-state index contributed by atoms with van der Waals surface area (Å²) in [6.07, 6.45) is 2.95. The van der Waals surface area contributed by atoms with Crippen LogP contribution in [-0.4, -0.2) is 9.78 Å². The summed E-state index contributed by atoms with van der Waals surface area (Å²) in [5.74, 6) is -1.79. The highest BCUT2D eigenvalue weighted by molar-refractivity contribution is 5.38. The van der Waals surface area contributed by atoms with Crippen molar-refractivity contribution in [3.8, 4) is 5.69 Å². The third-order valence-electron chi connectivity index (χ3n) is 1.77. The molecule has 2 rings (SSSR count). The van der Waals surface area contributed by atoms with Crippen molar-refractivity contribution in [3.05, 3.63) is 42.2 Å². The third kappa shape index (κ3) is 1.44. The van der Waals surface area contributed by atoms with Crippen molar-refractivity contribution >= 4 is 5.69 Å². The molecule has 0 saturated carbocycles. The average Bonchev–Trinajstić information content (AvgIpc) is 2.57. The molecule has 14 heavy (non-hydrogen) atoms. The van der Waals surface area contributed by atoms with Gasteiger partial charge < -0.3 is 5.73 Å². The number of rotatable bonds is 1. The van der Waals surface area contributed by atoms with E-state index in [0.717, 1.165) is 12.1 Å². The maximum atomic E-state index is 12.8. The van der Waals surface area contributed by atoms with Crippen molar-refractivity contribution in [1.29, 1.82) is 0 Å². The van der Waals surface area contributed by atoms with Crippen molar-refractivity contribution in [2.75, 3.05) is 5.73 Å². The Balaban J connectivity index is 2.47. The Bertz CT molecular complexity index is 465. The first kappa shape index (κ1) is 8.68. The first-order chi connectivity index (χ1) is 6.66. The van der Waals surface area contributed by atoms with E-state index < -0.39 is 11.6 Å². The zero-order valence-electron chi connectivity index (χ0n) is 7.11. The fourth-order valence-electron chi connectivity index (χ4n) is 1.11. The standard InChI is InChI=1S/C9H7F2N3/c10-8-2-1-7(3-9(8)11)14-5-6(12)4-13-14/h1-5H,12H2. The molecule has 2 aromatic rings. The third-order valence-corrected chi connectivity index (χ3v) is 1.77. The molecule has 0 aliphatic heterocycles. The molecule has 2 N–H and O–H groups in total. The lowest BCUT2D eigenvalue weighted by atomic mass is 10.3. The number of hydrogen-bond donors (Lipinski definition) is 1. The largest absolute Gasteiger partial charge is 0.396 e. The molecule has 0 bridgehead atoms. The lowest BCUT2D eigenvalue weighted by Gasteiger charge is -2.00. The van der Waals surface area contributed by atoms with Crippen LogP contribution in [0.25, 0.3) is 5.69 Å². The molecule has 0 saturated heterocycles. The smallest absolute Gasteiger partial charge is 0.160 e. The van der Waals surface area contributed by atoms with Gasteiger partial charge in [-0.25, -0.2) is 13.5 Å². The molecule has 0 fully saturated rings. The van der Waals surface area contributed by atoms with Gasteiger partial charge in [-0.15, -0.1) is 0 Å². The molecule has 72 valence electrons. The summed E-state index contributed by atoms with van der Waals surface area (Å²) >= 11 is 0. The number of aromatic nitrogens is 2. The summed E-state index contributed by atoms with van der Waals surface area (Å²) in [4.78, 5) is 0. The predicted octanol–water partition coefficient (Wildman–Crippen LogP) is 1.73. The Morgan fingerprint density at radius 3 is 2.57 bits per heavy atom. The molecule has 0 unspecified atom stereocenters. The molecule has 1 aromatic carbocycles. The number of nitrogens with zero attached hydrogens (tertiary/aromatic N) is 2. The number of halogens is 2.